The lowest BCUT2D eigenvalue weighted by Gasteiger charge is -2.21. The second kappa shape index (κ2) is 5.95. The average molecular weight is 341 g/mol. The van der Waals surface area contributed by atoms with E-state index in [4.69, 9.17) is 23.2 Å². The standard InChI is InChI=1S/C15H14Cl2N2OS/c1-9-18-14(8-21-9)15(20)19(11-3-4-11)7-10-2-5-12(16)13(17)6-10/h2,5-6,8,11H,3-4,7H2,1H3. The molecule has 3 nitrogen and oxygen atoms in total. The first-order valence-electron chi connectivity index (χ1n) is 6.71. The van der Waals surface area contributed by atoms with Gasteiger partial charge in [0, 0.05) is 18.0 Å². The summed E-state index contributed by atoms with van der Waals surface area (Å²) in [6.07, 6.45) is 2.10. The van der Waals surface area contributed by atoms with Crippen molar-refractivity contribution in [3.8, 4) is 0 Å². The van der Waals surface area contributed by atoms with Gasteiger partial charge in [-0.25, -0.2) is 4.98 Å². The van der Waals surface area contributed by atoms with E-state index >= 15 is 0 Å². The molecule has 21 heavy (non-hydrogen) atoms. The van der Waals surface area contributed by atoms with Gasteiger partial charge in [0.15, 0.2) is 0 Å². The van der Waals surface area contributed by atoms with E-state index in [1.165, 1.54) is 11.3 Å². The van der Waals surface area contributed by atoms with Crippen molar-refractivity contribution in [2.24, 2.45) is 0 Å². The van der Waals surface area contributed by atoms with Crippen LogP contribution in [0.1, 0.15) is 33.9 Å². The second-order valence-corrected chi connectivity index (χ2v) is 7.04. The first kappa shape index (κ1) is 14.8. The molecular formula is C15H14Cl2N2OS. The minimum Gasteiger partial charge on any atom is -0.330 e. The van der Waals surface area contributed by atoms with Gasteiger partial charge in [0.2, 0.25) is 0 Å². The second-order valence-electron chi connectivity index (χ2n) is 5.16. The van der Waals surface area contributed by atoms with Crippen LogP contribution in [0, 0.1) is 6.92 Å². The molecular weight excluding hydrogens is 327 g/mol. The molecule has 2 aromatic rings. The van der Waals surface area contributed by atoms with Crippen LogP contribution in [0.2, 0.25) is 10.0 Å². The van der Waals surface area contributed by atoms with Crippen molar-refractivity contribution in [1.29, 1.82) is 0 Å². The highest BCUT2D eigenvalue weighted by Gasteiger charge is 2.33. The van der Waals surface area contributed by atoms with Crippen molar-refractivity contribution >= 4 is 40.4 Å². The molecule has 110 valence electrons. The first-order chi connectivity index (χ1) is 10.0. The molecule has 1 aromatic heterocycles. The lowest BCUT2D eigenvalue weighted by atomic mass is 10.2. The zero-order valence-electron chi connectivity index (χ0n) is 11.5. The van der Waals surface area contributed by atoms with Gasteiger partial charge in [-0.15, -0.1) is 11.3 Å². The van der Waals surface area contributed by atoms with Gasteiger partial charge in [0.1, 0.15) is 5.69 Å². The molecule has 1 aliphatic carbocycles. The summed E-state index contributed by atoms with van der Waals surface area (Å²) in [6.45, 7) is 2.44. The van der Waals surface area contributed by atoms with E-state index in [2.05, 4.69) is 4.98 Å². The predicted octanol–water partition coefficient (Wildman–Crippen LogP) is 4.56. The molecule has 1 fully saturated rings. The normalized spacial score (nSPS) is 14.2. The Balaban J connectivity index is 1.81. The number of thiazole rings is 1. The van der Waals surface area contributed by atoms with Gasteiger partial charge in [0.05, 0.1) is 15.1 Å². The van der Waals surface area contributed by atoms with Crippen molar-refractivity contribution in [1.82, 2.24) is 9.88 Å². The summed E-state index contributed by atoms with van der Waals surface area (Å²) in [7, 11) is 0. The van der Waals surface area contributed by atoms with Gasteiger partial charge in [0.25, 0.3) is 5.91 Å². The minimum atomic E-state index is -0.00655. The van der Waals surface area contributed by atoms with Gasteiger partial charge in [-0.3, -0.25) is 4.79 Å². The fraction of sp³-hybridized carbons (Fsp3) is 0.333. The van der Waals surface area contributed by atoms with Crippen LogP contribution in [0.15, 0.2) is 23.6 Å². The number of carbonyl (C=O) groups excluding carboxylic acids is 1. The molecule has 0 spiro atoms. The van der Waals surface area contributed by atoms with E-state index < -0.39 is 0 Å². The van der Waals surface area contributed by atoms with Crippen LogP contribution < -0.4 is 0 Å². The van der Waals surface area contributed by atoms with Crippen molar-refractivity contribution in [2.45, 2.75) is 32.4 Å². The Kier molecular flexibility index (Phi) is 4.20. The summed E-state index contributed by atoms with van der Waals surface area (Å²) in [5, 5.41) is 3.77. The van der Waals surface area contributed by atoms with Crippen LogP contribution in [0.4, 0.5) is 0 Å². The SMILES string of the molecule is Cc1nc(C(=O)N(Cc2ccc(Cl)c(Cl)c2)C2CC2)cs1. The van der Waals surface area contributed by atoms with Crippen molar-refractivity contribution in [2.75, 3.05) is 0 Å². The number of rotatable bonds is 4. The number of carbonyl (C=O) groups is 1. The monoisotopic (exact) mass is 340 g/mol. The molecule has 1 saturated carbocycles. The fourth-order valence-electron chi connectivity index (χ4n) is 2.20. The van der Waals surface area contributed by atoms with Crippen molar-refractivity contribution in [3.63, 3.8) is 0 Å². The smallest absolute Gasteiger partial charge is 0.273 e. The number of hydrogen-bond donors (Lipinski definition) is 0. The maximum absolute atomic E-state index is 12.6. The first-order valence-corrected chi connectivity index (χ1v) is 8.35. The fourth-order valence-corrected chi connectivity index (χ4v) is 3.10. The van der Waals surface area contributed by atoms with E-state index in [1.54, 1.807) is 6.07 Å². The van der Waals surface area contributed by atoms with Crippen LogP contribution in [-0.4, -0.2) is 21.8 Å². The molecule has 0 aliphatic heterocycles. The highest BCUT2D eigenvalue weighted by atomic mass is 35.5. The average Bonchev–Trinajstić information content (AvgIpc) is 3.20. The summed E-state index contributed by atoms with van der Waals surface area (Å²) in [4.78, 5) is 18.8. The van der Waals surface area contributed by atoms with E-state index in [-0.39, 0.29) is 5.91 Å². The molecule has 6 heteroatoms. The third-order valence-electron chi connectivity index (χ3n) is 3.42. The molecule has 1 aromatic carbocycles. The van der Waals surface area contributed by atoms with Crippen LogP contribution in [0.3, 0.4) is 0 Å². The largest absolute Gasteiger partial charge is 0.330 e. The van der Waals surface area contributed by atoms with E-state index in [1.807, 2.05) is 29.3 Å². The molecule has 0 bridgehead atoms. The van der Waals surface area contributed by atoms with Crippen LogP contribution in [0.5, 0.6) is 0 Å². The Hall–Kier alpha value is -1.10. The van der Waals surface area contributed by atoms with Gasteiger partial charge in [-0.05, 0) is 37.5 Å². The van der Waals surface area contributed by atoms with E-state index in [9.17, 15) is 4.79 Å². The Morgan fingerprint density at radius 3 is 2.71 bits per heavy atom. The number of benzene rings is 1. The summed E-state index contributed by atoms with van der Waals surface area (Å²) in [6, 6.07) is 5.80. The highest BCUT2D eigenvalue weighted by Crippen LogP contribution is 2.31. The Morgan fingerprint density at radius 1 is 1.38 bits per heavy atom. The van der Waals surface area contributed by atoms with Crippen molar-refractivity contribution in [3.05, 3.63) is 49.9 Å². The molecule has 0 saturated heterocycles. The van der Waals surface area contributed by atoms with Gasteiger partial charge in [-0.2, -0.15) is 0 Å². The topological polar surface area (TPSA) is 33.2 Å². The molecule has 1 amide bonds. The molecule has 0 atom stereocenters. The zero-order chi connectivity index (χ0) is 15.0. The van der Waals surface area contributed by atoms with Gasteiger partial charge >= 0.3 is 0 Å². The van der Waals surface area contributed by atoms with Crippen LogP contribution >= 0.6 is 34.5 Å². The van der Waals surface area contributed by atoms with E-state index in [0.717, 1.165) is 23.4 Å². The molecule has 0 unspecified atom stereocenters. The van der Waals surface area contributed by atoms with Gasteiger partial charge < -0.3 is 4.90 Å². The Labute approximate surface area is 137 Å². The number of hydrogen-bond acceptors (Lipinski definition) is 3. The number of aromatic nitrogens is 1. The minimum absolute atomic E-state index is 0.00655. The molecule has 0 N–H and O–H groups in total. The van der Waals surface area contributed by atoms with Gasteiger partial charge in [-0.1, -0.05) is 29.3 Å². The van der Waals surface area contributed by atoms with E-state index in [0.29, 0.717) is 28.3 Å². The maximum Gasteiger partial charge on any atom is 0.273 e. The summed E-state index contributed by atoms with van der Waals surface area (Å²) in [5.74, 6) is -0.00655. The maximum atomic E-state index is 12.6. The summed E-state index contributed by atoms with van der Waals surface area (Å²) >= 11 is 13.5. The lowest BCUT2D eigenvalue weighted by molar-refractivity contribution is 0.0724. The molecule has 1 heterocycles. The number of halogens is 2. The number of aryl methyl sites for hydroxylation is 1. The third kappa shape index (κ3) is 3.39. The Bertz CT molecular complexity index is 682. The summed E-state index contributed by atoms with van der Waals surface area (Å²) in [5.41, 5.74) is 1.51. The summed E-state index contributed by atoms with van der Waals surface area (Å²) < 4.78 is 0. The lowest BCUT2D eigenvalue weighted by Crippen LogP contribution is -2.32. The van der Waals surface area contributed by atoms with Crippen molar-refractivity contribution < 1.29 is 4.79 Å². The van der Waals surface area contributed by atoms with Crippen LogP contribution in [0.25, 0.3) is 0 Å². The Morgan fingerprint density at radius 2 is 2.14 bits per heavy atom. The predicted molar refractivity (Wildman–Crippen MR) is 86.2 cm³/mol. The molecule has 0 radical (unpaired) electrons. The molecule has 3 rings (SSSR count). The quantitative estimate of drug-likeness (QED) is 0.817. The number of nitrogens with zero attached hydrogens (tertiary/aromatic N) is 2. The number of amides is 1. The third-order valence-corrected chi connectivity index (χ3v) is 4.94. The highest BCUT2D eigenvalue weighted by molar-refractivity contribution is 7.09. The zero-order valence-corrected chi connectivity index (χ0v) is 13.8. The van der Waals surface area contributed by atoms with Crippen LogP contribution in [-0.2, 0) is 6.54 Å². The molecule has 1 aliphatic rings.